The lowest BCUT2D eigenvalue weighted by molar-refractivity contribution is -0.0491. The van der Waals surface area contributed by atoms with Gasteiger partial charge in [0.2, 0.25) is 5.43 Å². The van der Waals surface area contributed by atoms with Gasteiger partial charge in [0.15, 0.2) is 5.75 Å². The highest BCUT2D eigenvalue weighted by atomic mass is 19.3. The van der Waals surface area contributed by atoms with Gasteiger partial charge in [-0.15, -0.1) is 0 Å². The van der Waals surface area contributed by atoms with E-state index in [4.69, 9.17) is 5.11 Å². The van der Waals surface area contributed by atoms with E-state index in [-0.39, 0.29) is 11.9 Å². The van der Waals surface area contributed by atoms with Crippen LogP contribution in [0.25, 0.3) is 10.9 Å². The molecule has 1 aliphatic rings. The van der Waals surface area contributed by atoms with Gasteiger partial charge in [-0.2, -0.15) is 8.78 Å². The van der Waals surface area contributed by atoms with E-state index in [1.54, 1.807) is 0 Å². The first-order valence-corrected chi connectivity index (χ1v) is 6.50. The molecule has 0 aliphatic heterocycles. The van der Waals surface area contributed by atoms with Crippen LogP contribution in [0.3, 0.4) is 0 Å². The number of rotatable bonds is 4. The third-order valence-corrected chi connectivity index (χ3v) is 3.54. The summed E-state index contributed by atoms with van der Waals surface area (Å²) in [5, 5.41) is 8.59. The SMILES string of the molecule is O=C(O)c1cn(C2CC2F)c2c(OC(F)F)cc(F)cc2c1=O. The number of aromatic nitrogens is 1. The number of aromatic carboxylic acids is 1. The summed E-state index contributed by atoms with van der Waals surface area (Å²) in [4.78, 5) is 23.3. The molecule has 1 aromatic carbocycles. The molecule has 1 aliphatic carbocycles. The van der Waals surface area contributed by atoms with E-state index in [1.165, 1.54) is 0 Å². The molecule has 3 rings (SSSR count). The molecule has 5 nitrogen and oxygen atoms in total. The molecule has 2 atom stereocenters. The average Bonchev–Trinajstić information content (AvgIpc) is 3.15. The normalized spacial score (nSPS) is 20.0. The minimum Gasteiger partial charge on any atom is -0.477 e. The van der Waals surface area contributed by atoms with Gasteiger partial charge in [0.25, 0.3) is 0 Å². The number of hydrogen-bond acceptors (Lipinski definition) is 3. The van der Waals surface area contributed by atoms with Crippen molar-refractivity contribution in [2.75, 3.05) is 0 Å². The number of halogens is 4. The number of ether oxygens (including phenoxy) is 1. The van der Waals surface area contributed by atoms with Crippen molar-refractivity contribution in [3.05, 3.63) is 39.9 Å². The molecule has 1 N–H and O–H groups in total. The predicted molar refractivity (Wildman–Crippen MR) is 70.3 cm³/mol. The molecule has 0 radical (unpaired) electrons. The molecule has 2 unspecified atom stereocenters. The van der Waals surface area contributed by atoms with Crippen molar-refractivity contribution in [3.63, 3.8) is 0 Å². The van der Waals surface area contributed by atoms with Crippen LogP contribution in [0.1, 0.15) is 22.8 Å². The fourth-order valence-corrected chi connectivity index (χ4v) is 2.46. The van der Waals surface area contributed by atoms with E-state index < -0.39 is 52.7 Å². The van der Waals surface area contributed by atoms with Gasteiger partial charge in [-0.3, -0.25) is 4.79 Å². The first-order chi connectivity index (χ1) is 10.8. The largest absolute Gasteiger partial charge is 0.477 e. The maximum Gasteiger partial charge on any atom is 0.387 e. The zero-order valence-electron chi connectivity index (χ0n) is 11.3. The molecule has 0 spiro atoms. The van der Waals surface area contributed by atoms with Crippen LogP contribution in [0.5, 0.6) is 5.75 Å². The zero-order valence-corrected chi connectivity index (χ0v) is 11.3. The van der Waals surface area contributed by atoms with Gasteiger partial charge in [0.05, 0.1) is 16.9 Å². The molecule has 1 heterocycles. The highest BCUT2D eigenvalue weighted by Crippen LogP contribution is 2.42. The minimum absolute atomic E-state index is 0.0303. The van der Waals surface area contributed by atoms with Crippen LogP contribution in [-0.4, -0.2) is 28.4 Å². The standard InChI is InChI=1S/C14H9F4NO4/c15-5-1-6-11(10(2-5)23-14(17)18)19(9-3-8(9)16)4-7(12(6)20)13(21)22/h1-2,4,8-9,14H,3H2,(H,21,22). The lowest BCUT2D eigenvalue weighted by Gasteiger charge is -2.15. The van der Waals surface area contributed by atoms with E-state index in [0.717, 1.165) is 10.8 Å². The molecule has 2 aromatic rings. The number of benzene rings is 1. The topological polar surface area (TPSA) is 68.5 Å². The Labute approximate surface area is 125 Å². The number of alkyl halides is 3. The van der Waals surface area contributed by atoms with Crippen molar-refractivity contribution in [2.24, 2.45) is 0 Å². The van der Waals surface area contributed by atoms with Crippen molar-refractivity contribution in [1.82, 2.24) is 4.57 Å². The number of carbonyl (C=O) groups is 1. The number of carboxylic acids is 1. The molecule has 9 heteroatoms. The monoisotopic (exact) mass is 331 g/mol. The number of pyridine rings is 1. The molecule has 1 saturated carbocycles. The first kappa shape index (κ1) is 15.3. The number of fused-ring (bicyclic) bond motifs is 1. The second-order valence-electron chi connectivity index (χ2n) is 5.08. The van der Waals surface area contributed by atoms with Crippen molar-refractivity contribution in [2.45, 2.75) is 25.2 Å². The van der Waals surface area contributed by atoms with Crippen molar-refractivity contribution < 1.29 is 32.2 Å². The third kappa shape index (κ3) is 2.62. The molecule has 0 saturated heterocycles. The molecular formula is C14H9F4NO4. The van der Waals surface area contributed by atoms with E-state index >= 15 is 0 Å². The summed E-state index contributed by atoms with van der Waals surface area (Å²) in [6, 6.07) is 0.538. The fourth-order valence-electron chi connectivity index (χ4n) is 2.46. The Bertz CT molecular complexity index is 864. The Morgan fingerprint density at radius 2 is 2.04 bits per heavy atom. The molecule has 0 bridgehead atoms. The van der Waals surface area contributed by atoms with Gasteiger partial charge in [0, 0.05) is 18.7 Å². The Morgan fingerprint density at radius 3 is 2.57 bits per heavy atom. The Morgan fingerprint density at radius 1 is 1.39 bits per heavy atom. The van der Waals surface area contributed by atoms with E-state index in [1.807, 2.05) is 0 Å². The summed E-state index contributed by atoms with van der Waals surface area (Å²) in [6.45, 7) is -3.29. The van der Waals surface area contributed by atoms with Crippen LogP contribution >= 0.6 is 0 Å². The van der Waals surface area contributed by atoms with Gasteiger partial charge >= 0.3 is 12.6 Å². The summed E-state index contributed by atoms with van der Waals surface area (Å²) in [7, 11) is 0. The van der Waals surface area contributed by atoms with Crippen LogP contribution < -0.4 is 10.2 Å². The van der Waals surface area contributed by atoms with Gasteiger partial charge in [-0.05, 0) is 6.07 Å². The smallest absolute Gasteiger partial charge is 0.387 e. The Balaban J connectivity index is 2.39. The van der Waals surface area contributed by atoms with Gasteiger partial charge in [0.1, 0.15) is 17.6 Å². The highest BCUT2D eigenvalue weighted by Gasteiger charge is 2.40. The molecule has 1 fully saturated rings. The number of carboxylic acid groups (broad SMARTS) is 1. The summed E-state index contributed by atoms with van der Waals surface area (Å²) in [5.74, 6) is -3.28. The molecule has 23 heavy (non-hydrogen) atoms. The molecule has 1 aromatic heterocycles. The van der Waals surface area contributed by atoms with Crippen molar-refractivity contribution in [1.29, 1.82) is 0 Å². The third-order valence-electron chi connectivity index (χ3n) is 3.54. The van der Waals surface area contributed by atoms with Crippen LogP contribution in [0.15, 0.2) is 23.1 Å². The molecule has 122 valence electrons. The highest BCUT2D eigenvalue weighted by molar-refractivity contribution is 5.94. The maximum atomic E-state index is 13.6. The van der Waals surface area contributed by atoms with E-state index in [0.29, 0.717) is 12.1 Å². The maximum absolute atomic E-state index is 13.6. The van der Waals surface area contributed by atoms with Gasteiger partial charge in [-0.25, -0.2) is 13.6 Å². The molecular weight excluding hydrogens is 322 g/mol. The fraction of sp³-hybridized carbons (Fsp3) is 0.286. The minimum atomic E-state index is -3.29. The van der Waals surface area contributed by atoms with Crippen LogP contribution in [0.2, 0.25) is 0 Å². The van der Waals surface area contributed by atoms with Crippen LogP contribution in [-0.2, 0) is 0 Å². The summed E-state index contributed by atoms with van der Waals surface area (Å²) >= 11 is 0. The second kappa shape index (κ2) is 5.25. The van der Waals surface area contributed by atoms with E-state index in [9.17, 15) is 27.2 Å². The Hall–Kier alpha value is -2.58. The first-order valence-electron chi connectivity index (χ1n) is 6.50. The van der Waals surface area contributed by atoms with Gasteiger partial charge in [-0.1, -0.05) is 0 Å². The predicted octanol–water partition coefficient (Wildman–Crippen LogP) is 2.72. The Kier molecular flexibility index (Phi) is 3.50. The van der Waals surface area contributed by atoms with Crippen LogP contribution in [0.4, 0.5) is 17.6 Å². The summed E-state index contributed by atoms with van der Waals surface area (Å²) in [5.41, 5.74) is -2.02. The second-order valence-corrected chi connectivity index (χ2v) is 5.08. The zero-order chi connectivity index (χ0) is 16.9. The van der Waals surface area contributed by atoms with Crippen molar-refractivity contribution in [3.8, 4) is 5.75 Å². The lowest BCUT2D eigenvalue weighted by Crippen LogP contribution is -2.20. The van der Waals surface area contributed by atoms with E-state index in [2.05, 4.69) is 4.74 Å². The van der Waals surface area contributed by atoms with Crippen molar-refractivity contribution >= 4 is 16.9 Å². The lowest BCUT2D eigenvalue weighted by atomic mass is 10.1. The summed E-state index contributed by atoms with van der Waals surface area (Å²) < 4.78 is 57.3. The average molecular weight is 331 g/mol. The molecule has 0 amide bonds. The van der Waals surface area contributed by atoms with Gasteiger partial charge < -0.3 is 14.4 Å². The quantitative estimate of drug-likeness (QED) is 0.875. The van der Waals surface area contributed by atoms with Crippen LogP contribution in [0, 0.1) is 5.82 Å². The number of nitrogens with zero attached hydrogens (tertiary/aromatic N) is 1. The number of hydrogen-bond donors (Lipinski definition) is 1. The summed E-state index contributed by atoms with van der Waals surface area (Å²) in [6.07, 6.45) is -0.414.